The largest absolute Gasteiger partial charge is 0.417 e. The molecule has 2 aromatic carbocycles. The summed E-state index contributed by atoms with van der Waals surface area (Å²) >= 11 is 2.96. The van der Waals surface area contributed by atoms with Gasteiger partial charge in [-0.05, 0) is 34.1 Å². The first-order chi connectivity index (χ1) is 9.06. The minimum absolute atomic E-state index is 0.0926. The summed E-state index contributed by atoms with van der Waals surface area (Å²) in [7, 11) is 0. The summed E-state index contributed by atoms with van der Waals surface area (Å²) in [5.74, 6) is -1.32. The molecule has 0 spiro atoms. The Kier molecular flexibility index (Phi) is 4.11. The van der Waals surface area contributed by atoms with Gasteiger partial charge < -0.3 is 4.74 Å². The summed E-state index contributed by atoms with van der Waals surface area (Å²) in [6.07, 6.45) is -0.864. The molecule has 3 nitrogen and oxygen atoms in total. The minimum atomic E-state index is -0.892. The van der Waals surface area contributed by atoms with Crippen LogP contribution in [0.1, 0.15) is 0 Å². The first-order valence-electron chi connectivity index (χ1n) is 5.24. The Hall–Kier alpha value is -1.95. The average Bonchev–Trinajstić information content (AvgIpc) is 2.35. The van der Waals surface area contributed by atoms with Gasteiger partial charge in [-0.1, -0.05) is 18.2 Å². The number of benzene rings is 2. The van der Waals surface area contributed by atoms with Crippen molar-refractivity contribution in [2.45, 2.75) is 0 Å². The van der Waals surface area contributed by atoms with E-state index in [2.05, 4.69) is 21.2 Å². The van der Waals surface area contributed by atoms with Crippen molar-refractivity contribution >= 4 is 27.7 Å². The highest BCUT2D eigenvalue weighted by Gasteiger charge is 2.13. The molecule has 0 aliphatic rings. The number of rotatable bonds is 2. The van der Waals surface area contributed by atoms with Gasteiger partial charge >= 0.3 is 6.09 Å². The molecule has 0 unspecified atom stereocenters. The van der Waals surface area contributed by atoms with Crippen molar-refractivity contribution < 1.29 is 18.3 Å². The van der Waals surface area contributed by atoms with E-state index in [9.17, 15) is 13.6 Å². The molecule has 6 heteroatoms. The van der Waals surface area contributed by atoms with Crippen LogP contribution in [0, 0.1) is 11.6 Å². The molecule has 0 saturated heterocycles. The zero-order valence-corrected chi connectivity index (χ0v) is 11.1. The highest BCUT2D eigenvalue weighted by Crippen LogP contribution is 2.27. The van der Waals surface area contributed by atoms with E-state index in [4.69, 9.17) is 4.74 Å². The summed E-state index contributed by atoms with van der Waals surface area (Å²) in [6, 6.07) is 10.0. The first-order valence-corrected chi connectivity index (χ1v) is 6.04. The molecule has 0 saturated carbocycles. The summed E-state index contributed by atoms with van der Waals surface area (Å²) < 4.78 is 31.4. The van der Waals surface area contributed by atoms with Crippen molar-refractivity contribution in [2.75, 3.05) is 5.32 Å². The third-order valence-corrected chi connectivity index (χ3v) is 2.81. The molecule has 0 atom stereocenters. The van der Waals surface area contributed by atoms with Crippen LogP contribution in [-0.4, -0.2) is 6.09 Å². The number of anilines is 1. The van der Waals surface area contributed by atoms with E-state index in [0.29, 0.717) is 11.8 Å². The number of ether oxygens (including phenoxy) is 1. The number of amides is 1. The fourth-order valence-corrected chi connectivity index (χ4v) is 1.89. The molecule has 2 aromatic rings. The number of hydrogen-bond acceptors (Lipinski definition) is 2. The third-order valence-electron chi connectivity index (χ3n) is 2.19. The quantitative estimate of drug-likeness (QED) is 0.891. The number of nitrogens with one attached hydrogen (secondary N) is 1. The Morgan fingerprint density at radius 3 is 2.47 bits per heavy atom. The molecule has 0 aliphatic heterocycles. The highest BCUT2D eigenvalue weighted by atomic mass is 79.9. The molecule has 0 aliphatic carbocycles. The standard InChI is InChI=1S/C13H8BrF2NO2/c14-10-6-8(15)7-11(16)12(10)17-13(18)19-9-4-2-1-3-5-9/h1-7H,(H,17,18). The maximum absolute atomic E-state index is 13.5. The number of carbonyl (C=O) groups is 1. The second kappa shape index (κ2) is 5.79. The Balaban J connectivity index is 2.12. The SMILES string of the molecule is O=C(Nc1c(F)cc(F)cc1Br)Oc1ccccc1. The number of halogens is 3. The zero-order valence-electron chi connectivity index (χ0n) is 9.49. The Morgan fingerprint density at radius 2 is 1.84 bits per heavy atom. The van der Waals surface area contributed by atoms with E-state index in [1.807, 2.05) is 0 Å². The van der Waals surface area contributed by atoms with Gasteiger partial charge in [-0.3, -0.25) is 5.32 Å². The summed E-state index contributed by atoms with van der Waals surface area (Å²) in [6.45, 7) is 0. The van der Waals surface area contributed by atoms with Crippen LogP contribution in [0.4, 0.5) is 19.3 Å². The van der Waals surface area contributed by atoms with Gasteiger partial charge in [-0.2, -0.15) is 0 Å². The predicted octanol–water partition coefficient (Wildman–Crippen LogP) is 4.34. The van der Waals surface area contributed by atoms with Crippen LogP contribution < -0.4 is 10.1 Å². The van der Waals surface area contributed by atoms with Crippen LogP contribution in [0.2, 0.25) is 0 Å². The van der Waals surface area contributed by atoms with Crippen molar-refractivity contribution in [1.29, 1.82) is 0 Å². The van der Waals surface area contributed by atoms with Gasteiger partial charge in [0.1, 0.15) is 11.6 Å². The summed E-state index contributed by atoms with van der Waals surface area (Å²) in [5.41, 5.74) is -0.178. The van der Waals surface area contributed by atoms with Crippen LogP contribution >= 0.6 is 15.9 Å². The molecule has 19 heavy (non-hydrogen) atoms. The van der Waals surface area contributed by atoms with E-state index < -0.39 is 17.7 Å². The third kappa shape index (κ3) is 3.51. The normalized spacial score (nSPS) is 10.1. The van der Waals surface area contributed by atoms with Crippen molar-refractivity contribution in [3.8, 4) is 5.75 Å². The van der Waals surface area contributed by atoms with Crippen molar-refractivity contribution in [1.82, 2.24) is 0 Å². The molecule has 2 rings (SSSR count). The van der Waals surface area contributed by atoms with Gasteiger partial charge in [0.2, 0.25) is 0 Å². The maximum atomic E-state index is 13.5. The second-order valence-electron chi connectivity index (χ2n) is 3.57. The molecule has 0 heterocycles. The fraction of sp³-hybridized carbons (Fsp3) is 0. The predicted molar refractivity (Wildman–Crippen MR) is 70.1 cm³/mol. The van der Waals surface area contributed by atoms with Gasteiger partial charge in [-0.25, -0.2) is 13.6 Å². The first kappa shape index (κ1) is 13.5. The molecular formula is C13H8BrF2NO2. The zero-order chi connectivity index (χ0) is 13.8. The van der Waals surface area contributed by atoms with Gasteiger partial charge in [0, 0.05) is 10.5 Å². The highest BCUT2D eigenvalue weighted by molar-refractivity contribution is 9.10. The van der Waals surface area contributed by atoms with Crippen molar-refractivity contribution in [3.05, 3.63) is 58.6 Å². The lowest BCUT2D eigenvalue weighted by molar-refractivity contribution is 0.215. The molecular weight excluding hydrogens is 320 g/mol. The smallest absolute Gasteiger partial charge is 0.410 e. The van der Waals surface area contributed by atoms with Crippen LogP contribution in [0.3, 0.4) is 0 Å². The van der Waals surface area contributed by atoms with Gasteiger partial charge in [0.15, 0.2) is 5.82 Å². The van der Waals surface area contributed by atoms with E-state index in [1.165, 1.54) is 0 Å². The Morgan fingerprint density at radius 1 is 1.16 bits per heavy atom. The fourth-order valence-electron chi connectivity index (χ4n) is 1.38. The minimum Gasteiger partial charge on any atom is -0.410 e. The lowest BCUT2D eigenvalue weighted by atomic mass is 10.3. The monoisotopic (exact) mass is 327 g/mol. The van der Waals surface area contributed by atoms with Gasteiger partial charge in [0.05, 0.1) is 5.69 Å². The van der Waals surface area contributed by atoms with Crippen molar-refractivity contribution in [3.63, 3.8) is 0 Å². The van der Waals surface area contributed by atoms with Crippen LogP contribution in [0.25, 0.3) is 0 Å². The molecule has 0 bridgehead atoms. The molecule has 0 radical (unpaired) electrons. The molecule has 1 N–H and O–H groups in total. The average molecular weight is 328 g/mol. The van der Waals surface area contributed by atoms with E-state index >= 15 is 0 Å². The van der Waals surface area contributed by atoms with E-state index in [-0.39, 0.29) is 10.2 Å². The van der Waals surface area contributed by atoms with Gasteiger partial charge in [-0.15, -0.1) is 0 Å². The van der Waals surface area contributed by atoms with E-state index in [0.717, 1.165) is 6.07 Å². The van der Waals surface area contributed by atoms with Crippen LogP contribution in [0.15, 0.2) is 46.9 Å². The molecule has 1 amide bonds. The lowest BCUT2D eigenvalue weighted by Gasteiger charge is -2.09. The van der Waals surface area contributed by atoms with Crippen LogP contribution in [-0.2, 0) is 0 Å². The van der Waals surface area contributed by atoms with Gasteiger partial charge in [0.25, 0.3) is 0 Å². The number of carbonyl (C=O) groups excluding carboxylic acids is 1. The number of para-hydroxylation sites is 1. The van der Waals surface area contributed by atoms with Crippen LogP contribution in [0.5, 0.6) is 5.75 Å². The van der Waals surface area contributed by atoms with Crippen molar-refractivity contribution in [2.24, 2.45) is 0 Å². The lowest BCUT2D eigenvalue weighted by Crippen LogP contribution is -2.18. The Labute approximate surface area is 116 Å². The summed E-state index contributed by atoms with van der Waals surface area (Å²) in [4.78, 5) is 11.6. The molecule has 98 valence electrons. The number of hydrogen-bond donors (Lipinski definition) is 1. The Bertz CT molecular complexity index is 582. The topological polar surface area (TPSA) is 38.3 Å². The molecule has 0 fully saturated rings. The molecule has 0 aromatic heterocycles. The summed E-state index contributed by atoms with van der Waals surface area (Å²) in [5, 5.41) is 2.20. The maximum Gasteiger partial charge on any atom is 0.417 e. The second-order valence-corrected chi connectivity index (χ2v) is 4.43. The van der Waals surface area contributed by atoms with E-state index in [1.54, 1.807) is 30.3 Å².